The molecule has 0 saturated heterocycles. The molecule has 0 fully saturated rings. The molecule has 0 unspecified atom stereocenters. The number of methoxy groups -OCH3 is 1. The van der Waals surface area contributed by atoms with Crippen LogP contribution >= 0.6 is 11.6 Å². The topological polar surface area (TPSA) is 72.9 Å². The summed E-state index contributed by atoms with van der Waals surface area (Å²) >= 11 is 5.97. The number of hydrogen-bond acceptors (Lipinski definition) is 5. The minimum absolute atomic E-state index is 0.0255. The summed E-state index contributed by atoms with van der Waals surface area (Å²) in [7, 11) is -2.50. The Morgan fingerprint density at radius 2 is 1.84 bits per heavy atom. The first kappa shape index (κ1) is 19.1. The van der Waals surface area contributed by atoms with Gasteiger partial charge in [-0.15, -0.1) is 0 Å². The molecule has 0 bridgehead atoms. The van der Waals surface area contributed by atoms with Crippen LogP contribution in [0.15, 0.2) is 53.4 Å². The van der Waals surface area contributed by atoms with E-state index in [4.69, 9.17) is 21.1 Å². The Morgan fingerprint density at radius 1 is 1.16 bits per heavy atom. The molecule has 0 spiro atoms. The number of hydrogen-bond donors (Lipinski definition) is 0. The van der Waals surface area contributed by atoms with Crippen LogP contribution in [0.1, 0.15) is 6.92 Å². The van der Waals surface area contributed by atoms with Gasteiger partial charge in [-0.05, 0) is 49.4 Å². The van der Waals surface area contributed by atoms with Gasteiger partial charge < -0.3 is 9.47 Å². The Hall–Kier alpha value is -2.25. The fraction of sp³-hybridized carbons (Fsp3) is 0.235. The first-order chi connectivity index (χ1) is 11.9. The lowest BCUT2D eigenvalue weighted by atomic mass is 10.3. The van der Waals surface area contributed by atoms with Crippen molar-refractivity contribution < 1.29 is 22.7 Å². The van der Waals surface area contributed by atoms with Crippen LogP contribution < -0.4 is 9.04 Å². The Bertz CT molecular complexity index is 836. The number of sulfonamides is 1. The molecule has 134 valence electrons. The number of anilines is 1. The largest absolute Gasteiger partial charge is 0.497 e. The highest BCUT2D eigenvalue weighted by molar-refractivity contribution is 7.92. The third kappa shape index (κ3) is 4.64. The number of carbonyl (C=O) groups excluding carboxylic acids is 1. The van der Waals surface area contributed by atoms with Gasteiger partial charge in [-0.25, -0.2) is 8.42 Å². The Labute approximate surface area is 152 Å². The number of carbonyl (C=O) groups is 1. The van der Waals surface area contributed by atoms with Crippen LogP contribution in [0.2, 0.25) is 5.02 Å². The monoisotopic (exact) mass is 383 g/mol. The van der Waals surface area contributed by atoms with E-state index in [1.165, 1.54) is 37.4 Å². The predicted molar refractivity (Wildman–Crippen MR) is 95.6 cm³/mol. The van der Waals surface area contributed by atoms with Crippen LogP contribution in [-0.4, -0.2) is 34.6 Å². The maximum absolute atomic E-state index is 13.0. The number of ether oxygens (including phenoxy) is 2. The van der Waals surface area contributed by atoms with E-state index >= 15 is 0 Å². The van der Waals surface area contributed by atoms with Gasteiger partial charge in [0.2, 0.25) is 0 Å². The zero-order chi connectivity index (χ0) is 18.4. The van der Waals surface area contributed by atoms with Crippen LogP contribution in [-0.2, 0) is 19.6 Å². The number of benzene rings is 2. The zero-order valence-corrected chi connectivity index (χ0v) is 15.4. The molecule has 6 nitrogen and oxygen atoms in total. The van der Waals surface area contributed by atoms with Gasteiger partial charge in [-0.1, -0.05) is 17.7 Å². The van der Waals surface area contributed by atoms with Crippen LogP contribution in [0, 0.1) is 0 Å². The first-order valence-corrected chi connectivity index (χ1v) is 9.28. The molecule has 0 heterocycles. The standard InChI is InChI=1S/C17H18ClNO5S/c1-3-24-17(20)12-19(14-6-4-5-13(18)11-14)25(21,22)16-9-7-15(23-2)8-10-16/h4-11H,3,12H2,1-2H3. The lowest BCUT2D eigenvalue weighted by Crippen LogP contribution is -2.36. The number of rotatable bonds is 7. The molecular weight excluding hydrogens is 366 g/mol. The van der Waals surface area contributed by atoms with E-state index in [9.17, 15) is 13.2 Å². The molecule has 2 aromatic carbocycles. The molecule has 0 aliphatic heterocycles. The maximum Gasteiger partial charge on any atom is 0.326 e. The smallest absolute Gasteiger partial charge is 0.326 e. The lowest BCUT2D eigenvalue weighted by molar-refractivity contribution is -0.141. The Balaban J connectivity index is 2.46. The molecule has 0 amide bonds. The quantitative estimate of drug-likeness (QED) is 0.687. The summed E-state index contributed by atoms with van der Waals surface area (Å²) < 4.78 is 36.9. The van der Waals surface area contributed by atoms with Gasteiger partial charge in [0.1, 0.15) is 12.3 Å². The summed E-state index contributed by atoms with van der Waals surface area (Å²) in [5.74, 6) is -0.127. The van der Waals surface area contributed by atoms with Gasteiger partial charge in [-0.2, -0.15) is 0 Å². The van der Waals surface area contributed by atoms with Crippen molar-refractivity contribution in [1.82, 2.24) is 0 Å². The SMILES string of the molecule is CCOC(=O)CN(c1cccc(Cl)c1)S(=O)(=O)c1ccc(OC)cc1. The molecule has 0 saturated carbocycles. The third-order valence-electron chi connectivity index (χ3n) is 3.32. The summed E-state index contributed by atoms with van der Waals surface area (Å²) in [5.41, 5.74) is 0.274. The average molecular weight is 384 g/mol. The summed E-state index contributed by atoms with van der Waals surface area (Å²) in [6.45, 7) is 1.35. The normalized spacial score (nSPS) is 11.0. The maximum atomic E-state index is 13.0. The lowest BCUT2D eigenvalue weighted by Gasteiger charge is -2.23. The van der Waals surface area contributed by atoms with E-state index in [0.717, 1.165) is 4.31 Å². The van der Waals surface area contributed by atoms with Crippen LogP contribution in [0.5, 0.6) is 5.75 Å². The predicted octanol–water partition coefficient (Wildman–Crippen LogP) is 3.11. The van der Waals surface area contributed by atoms with Gasteiger partial charge in [-0.3, -0.25) is 9.10 Å². The molecule has 25 heavy (non-hydrogen) atoms. The second kappa shape index (κ2) is 8.22. The van der Waals surface area contributed by atoms with Crippen LogP contribution in [0.4, 0.5) is 5.69 Å². The van der Waals surface area contributed by atoms with Gasteiger partial charge in [0.25, 0.3) is 10.0 Å². The molecule has 0 aliphatic rings. The van der Waals surface area contributed by atoms with Crippen LogP contribution in [0.25, 0.3) is 0 Å². The highest BCUT2D eigenvalue weighted by Gasteiger charge is 2.28. The minimum Gasteiger partial charge on any atom is -0.497 e. The second-order valence-corrected chi connectivity index (χ2v) is 7.27. The van der Waals surface area contributed by atoms with Crippen molar-refractivity contribution in [3.05, 3.63) is 53.6 Å². The number of halogens is 1. The zero-order valence-electron chi connectivity index (χ0n) is 13.8. The molecule has 0 radical (unpaired) electrons. The van der Waals surface area contributed by atoms with E-state index in [0.29, 0.717) is 10.8 Å². The summed E-state index contributed by atoms with van der Waals surface area (Å²) in [6, 6.07) is 12.2. The third-order valence-corrected chi connectivity index (χ3v) is 5.34. The van der Waals surface area contributed by atoms with Crippen molar-refractivity contribution in [2.45, 2.75) is 11.8 Å². The van der Waals surface area contributed by atoms with E-state index in [2.05, 4.69) is 0 Å². The Kier molecular flexibility index (Phi) is 6.27. The van der Waals surface area contributed by atoms with E-state index in [1.54, 1.807) is 25.1 Å². The van der Waals surface area contributed by atoms with Gasteiger partial charge in [0.05, 0.1) is 24.3 Å². The number of esters is 1. The highest BCUT2D eigenvalue weighted by atomic mass is 35.5. The molecule has 2 aromatic rings. The fourth-order valence-electron chi connectivity index (χ4n) is 2.15. The highest BCUT2D eigenvalue weighted by Crippen LogP contribution is 2.27. The van der Waals surface area contributed by atoms with Crippen molar-refractivity contribution in [3.8, 4) is 5.75 Å². The van der Waals surface area contributed by atoms with Crippen molar-refractivity contribution >= 4 is 33.3 Å². The fourth-order valence-corrected chi connectivity index (χ4v) is 3.73. The first-order valence-electron chi connectivity index (χ1n) is 7.46. The summed E-state index contributed by atoms with van der Waals surface area (Å²) in [5, 5.41) is 0.358. The summed E-state index contributed by atoms with van der Waals surface area (Å²) in [4.78, 5) is 11.9. The van der Waals surface area contributed by atoms with Crippen molar-refractivity contribution in [2.75, 3.05) is 24.6 Å². The van der Waals surface area contributed by atoms with E-state index < -0.39 is 22.5 Å². The van der Waals surface area contributed by atoms with Crippen molar-refractivity contribution in [1.29, 1.82) is 0 Å². The van der Waals surface area contributed by atoms with Crippen molar-refractivity contribution in [2.24, 2.45) is 0 Å². The van der Waals surface area contributed by atoms with Crippen molar-refractivity contribution in [3.63, 3.8) is 0 Å². The number of nitrogens with zero attached hydrogens (tertiary/aromatic N) is 1. The molecule has 2 rings (SSSR count). The van der Waals surface area contributed by atoms with Gasteiger partial charge in [0.15, 0.2) is 0 Å². The second-order valence-electron chi connectivity index (χ2n) is 4.97. The van der Waals surface area contributed by atoms with Gasteiger partial charge in [0, 0.05) is 5.02 Å². The van der Waals surface area contributed by atoms with E-state index in [1.807, 2.05) is 0 Å². The van der Waals surface area contributed by atoms with E-state index in [-0.39, 0.29) is 17.2 Å². The molecule has 0 atom stereocenters. The molecule has 0 N–H and O–H groups in total. The van der Waals surface area contributed by atoms with Gasteiger partial charge >= 0.3 is 5.97 Å². The summed E-state index contributed by atoms with van der Waals surface area (Å²) in [6.07, 6.45) is 0. The minimum atomic E-state index is -3.99. The molecule has 0 aromatic heterocycles. The Morgan fingerprint density at radius 3 is 2.40 bits per heavy atom. The average Bonchev–Trinajstić information content (AvgIpc) is 2.60. The van der Waals surface area contributed by atoms with Crippen LogP contribution in [0.3, 0.4) is 0 Å². The molecule has 0 aliphatic carbocycles. The molecular formula is C17H18ClNO5S. The molecule has 8 heteroatoms.